The molecule has 0 amide bonds. The van der Waals surface area contributed by atoms with E-state index in [1.54, 1.807) is 0 Å². The van der Waals surface area contributed by atoms with Crippen molar-refractivity contribution in [3.05, 3.63) is 0 Å². The molecule has 0 saturated heterocycles. The summed E-state index contributed by atoms with van der Waals surface area (Å²) in [6.45, 7) is 3.18. The molecule has 88 valence electrons. The molecule has 1 rings (SSSR count). The first-order valence-electron chi connectivity index (χ1n) is 6.10. The summed E-state index contributed by atoms with van der Waals surface area (Å²) in [5.41, 5.74) is 0. The van der Waals surface area contributed by atoms with Crippen LogP contribution in [0.2, 0.25) is 0 Å². The molecule has 0 aromatic carbocycles. The monoisotopic (exact) mass is 213 g/mol. The minimum atomic E-state index is -0.0693. The van der Waals surface area contributed by atoms with Gasteiger partial charge in [0.05, 0.1) is 13.0 Å². The highest BCUT2D eigenvalue weighted by Gasteiger charge is 2.18. The fourth-order valence-electron chi connectivity index (χ4n) is 2.21. The fourth-order valence-corrected chi connectivity index (χ4v) is 2.21. The van der Waals surface area contributed by atoms with Crippen LogP contribution in [0.3, 0.4) is 0 Å². The zero-order valence-electron chi connectivity index (χ0n) is 10.00. The van der Waals surface area contributed by atoms with Crippen molar-refractivity contribution in [3.8, 4) is 0 Å². The molecule has 1 aliphatic carbocycles. The second-order valence-electron chi connectivity index (χ2n) is 4.33. The topological polar surface area (TPSA) is 29.5 Å². The van der Waals surface area contributed by atoms with Gasteiger partial charge in [0, 0.05) is 12.6 Å². The zero-order valence-corrected chi connectivity index (χ0v) is 10.00. The average molecular weight is 213 g/mol. The molecule has 0 heterocycles. The lowest BCUT2D eigenvalue weighted by atomic mass is 9.94. The maximum Gasteiger partial charge on any atom is 0.307 e. The molecular formula is C12H23NO2. The molecule has 0 bridgehead atoms. The predicted octanol–water partition coefficient (Wildman–Crippen LogP) is 2.20. The first-order valence-corrected chi connectivity index (χ1v) is 6.10. The van der Waals surface area contributed by atoms with Crippen LogP contribution >= 0.6 is 0 Å². The SMILES string of the molecule is CCOC(=O)CCN(C)C1CCCCC1. The molecule has 0 atom stereocenters. The van der Waals surface area contributed by atoms with E-state index in [-0.39, 0.29) is 5.97 Å². The van der Waals surface area contributed by atoms with Crippen molar-refractivity contribution in [2.75, 3.05) is 20.2 Å². The van der Waals surface area contributed by atoms with Crippen molar-refractivity contribution in [1.29, 1.82) is 0 Å². The van der Waals surface area contributed by atoms with Crippen LogP contribution in [0.4, 0.5) is 0 Å². The van der Waals surface area contributed by atoms with Gasteiger partial charge in [0.1, 0.15) is 0 Å². The van der Waals surface area contributed by atoms with Gasteiger partial charge in [-0.2, -0.15) is 0 Å². The molecule has 1 fully saturated rings. The van der Waals surface area contributed by atoms with Crippen LogP contribution in [0.1, 0.15) is 45.4 Å². The average Bonchev–Trinajstić information content (AvgIpc) is 2.27. The molecule has 0 radical (unpaired) electrons. The van der Waals surface area contributed by atoms with E-state index in [1.807, 2.05) is 6.92 Å². The van der Waals surface area contributed by atoms with Gasteiger partial charge in [-0.05, 0) is 26.8 Å². The van der Waals surface area contributed by atoms with E-state index in [1.165, 1.54) is 32.1 Å². The highest BCUT2D eigenvalue weighted by molar-refractivity contribution is 5.69. The van der Waals surface area contributed by atoms with Crippen LogP contribution in [0, 0.1) is 0 Å². The van der Waals surface area contributed by atoms with E-state index in [2.05, 4.69) is 11.9 Å². The number of carbonyl (C=O) groups excluding carboxylic acids is 1. The summed E-state index contributed by atoms with van der Waals surface area (Å²) in [4.78, 5) is 13.5. The van der Waals surface area contributed by atoms with Gasteiger partial charge in [-0.25, -0.2) is 0 Å². The maximum absolute atomic E-state index is 11.2. The largest absolute Gasteiger partial charge is 0.466 e. The van der Waals surface area contributed by atoms with Crippen LogP contribution in [0.5, 0.6) is 0 Å². The highest BCUT2D eigenvalue weighted by Crippen LogP contribution is 2.21. The highest BCUT2D eigenvalue weighted by atomic mass is 16.5. The van der Waals surface area contributed by atoms with E-state index >= 15 is 0 Å². The van der Waals surface area contributed by atoms with Gasteiger partial charge in [-0.3, -0.25) is 4.79 Å². The number of carbonyl (C=O) groups is 1. The lowest BCUT2D eigenvalue weighted by molar-refractivity contribution is -0.143. The number of esters is 1. The Balaban J connectivity index is 2.16. The molecule has 3 nitrogen and oxygen atoms in total. The minimum Gasteiger partial charge on any atom is -0.466 e. The number of rotatable bonds is 5. The standard InChI is InChI=1S/C12H23NO2/c1-3-15-12(14)9-10-13(2)11-7-5-4-6-8-11/h11H,3-10H2,1-2H3. The third-order valence-corrected chi connectivity index (χ3v) is 3.17. The number of hydrogen-bond acceptors (Lipinski definition) is 3. The van der Waals surface area contributed by atoms with Gasteiger partial charge in [-0.1, -0.05) is 19.3 Å². The summed E-state index contributed by atoms with van der Waals surface area (Å²) in [7, 11) is 2.12. The summed E-state index contributed by atoms with van der Waals surface area (Å²) >= 11 is 0. The molecular weight excluding hydrogens is 190 g/mol. The number of ether oxygens (including phenoxy) is 1. The second-order valence-corrected chi connectivity index (χ2v) is 4.33. The minimum absolute atomic E-state index is 0.0693. The molecule has 1 aliphatic rings. The third kappa shape index (κ3) is 4.65. The van der Waals surface area contributed by atoms with E-state index in [0.29, 0.717) is 19.1 Å². The van der Waals surface area contributed by atoms with Crippen molar-refractivity contribution in [2.45, 2.75) is 51.5 Å². The van der Waals surface area contributed by atoms with Crippen molar-refractivity contribution < 1.29 is 9.53 Å². The Morgan fingerprint density at radius 1 is 1.33 bits per heavy atom. The Bertz CT molecular complexity index is 188. The van der Waals surface area contributed by atoms with Gasteiger partial charge in [0.25, 0.3) is 0 Å². The van der Waals surface area contributed by atoms with Gasteiger partial charge in [0.2, 0.25) is 0 Å². The van der Waals surface area contributed by atoms with Crippen molar-refractivity contribution >= 4 is 5.97 Å². The third-order valence-electron chi connectivity index (χ3n) is 3.17. The molecule has 0 aliphatic heterocycles. The number of nitrogens with zero attached hydrogens (tertiary/aromatic N) is 1. The molecule has 0 aromatic heterocycles. The van der Waals surface area contributed by atoms with E-state index < -0.39 is 0 Å². The maximum atomic E-state index is 11.2. The lowest BCUT2D eigenvalue weighted by Crippen LogP contribution is -2.35. The predicted molar refractivity (Wildman–Crippen MR) is 60.8 cm³/mol. The lowest BCUT2D eigenvalue weighted by Gasteiger charge is -2.30. The van der Waals surface area contributed by atoms with Crippen LogP contribution in [-0.2, 0) is 9.53 Å². The van der Waals surface area contributed by atoms with Crippen molar-refractivity contribution in [2.24, 2.45) is 0 Å². The van der Waals surface area contributed by atoms with Crippen molar-refractivity contribution in [1.82, 2.24) is 4.90 Å². The Hall–Kier alpha value is -0.570. The van der Waals surface area contributed by atoms with Gasteiger partial charge in [0.15, 0.2) is 0 Å². The summed E-state index contributed by atoms with van der Waals surface area (Å²) < 4.78 is 4.91. The smallest absolute Gasteiger partial charge is 0.307 e. The summed E-state index contributed by atoms with van der Waals surface area (Å²) in [5.74, 6) is -0.0693. The normalized spacial score (nSPS) is 18.1. The zero-order chi connectivity index (χ0) is 11.1. The fraction of sp³-hybridized carbons (Fsp3) is 0.917. The summed E-state index contributed by atoms with van der Waals surface area (Å²) in [5, 5.41) is 0. The molecule has 0 unspecified atom stereocenters. The van der Waals surface area contributed by atoms with Gasteiger partial charge >= 0.3 is 5.97 Å². The van der Waals surface area contributed by atoms with E-state index in [0.717, 1.165) is 6.54 Å². The summed E-state index contributed by atoms with van der Waals surface area (Å²) in [6, 6.07) is 0.688. The molecule has 15 heavy (non-hydrogen) atoms. The Morgan fingerprint density at radius 2 is 2.00 bits per heavy atom. The van der Waals surface area contributed by atoms with E-state index in [4.69, 9.17) is 4.74 Å². The molecule has 3 heteroatoms. The second kappa shape index (κ2) is 6.83. The molecule has 1 saturated carbocycles. The van der Waals surface area contributed by atoms with Gasteiger partial charge in [-0.15, -0.1) is 0 Å². The van der Waals surface area contributed by atoms with E-state index in [9.17, 15) is 4.79 Å². The van der Waals surface area contributed by atoms with Crippen LogP contribution in [0.15, 0.2) is 0 Å². The quantitative estimate of drug-likeness (QED) is 0.656. The molecule has 0 spiro atoms. The van der Waals surface area contributed by atoms with Crippen molar-refractivity contribution in [3.63, 3.8) is 0 Å². The van der Waals surface area contributed by atoms with Crippen LogP contribution in [0.25, 0.3) is 0 Å². The molecule has 0 aromatic rings. The van der Waals surface area contributed by atoms with Crippen LogP contribution < -0.4 is 0 Å². The summed E-state index contributed by atoms with van der Waals surface area (Å²) in [6.07, 6.45) is 7.17. The first-order chi connectivity index (χ1) is 7.24. The number of hydrogen-bond donors (Lipinski definition) is 0. The first kappa shape index (κ1) is 12.5. The molecule has 0 N–H and O–H groups in total. The Morgan fingerprint density at radius 3 is 2.60 bits per heavy atom. The van der Waals surface area contributed by atoms with Gasteiger partial charge < -0.3 is 9.64 Å². The Labute approximate surface area is 92.8 Å². The Kier molecular flexibility index (Phi) is 5.69. The van der Waals surface area contributed by atoms with Crippen LogP contribution in [-0.4, -0.2) is 37.1 Å².